The van der Waals surface area contributed by atoms with E-state index in [2.05, 4.69) is 33.8 Å². The van der Waals surface area contributed by atoms with E-state index >= 15 is 0 Å². The summed E-state index contributed by atoms with van der Waals surface area (Å²) in [5.41, 5.74) is 0. The number of thiophene rings is 1. The number of aryl methyl sites for hydroxylation is 1. The Balaban J connectivity index is 1.65. The third-order valence-electron chi connectivity index (χ3n) is 4.51. The highest BCUT2D eigenvalue weighted by Gasteiger charge is 2.42. The maximum Gasteiger partial charge on any atom is 0.246 e. The molecule has 3 heterocycles. The lowest BCUT2D eigenvalue weighted by Gasteiger charge is -2.41. The Labute approximate surface area is 137 Å². The number of rotatable bonds is 4. The molecule has 3 rings (SSSR count). The minimum absolute atomic E-state index is 0.191. The van der Waals surface area contributed by atoms with E-state index in [1.54, 1.807) is 6.08 Å². The van der Waals surface area contributed by atoms with Crippen molar-refractivity contribution in [3.63, 3.8) is 0 Å². The summed E-state index contributed by atoms with van der Waals surface area (Å²) in [5.74, 6) is 0.191. The number of piperazine rings is 1. The Kier molecular flexibility index (Phi) is 4.54. The van der Waals surface area contributed by atoms with Gasteiger partial charge >= 0.3 is 0 Å². The van der Waals surface area contributed by atoms with Crippen molar-refractivity contribution in [2.75, 3.05) is 38.6 Å². The van der Waals surface area contributed by atoms with Crippen LogP contribution in [0.2, 0.25) is 0 Å². The molecule has 2 saturated heterocycles. The number of amides is 1. The highest BCUT2D eigenvalue weighted by molar-refractivity contribution is 7.16. The zero-order valence-corrected chi connectivity index (χ0v) is 14.5. The molecule has 1 aromatic rings. The van der Waals surface area contributed by atoms with Gasteiger partial charge in [0.1, 0.15) is 0 Å². The lowest BCUT2D eigenvalue weighted by atomic mass is 10.2. The van der Waals surface area contributed by atoms with E-state index in [0.717, 1.165) is 32.5 Å². The van der Waals surface area contributed by atoms with E-state index < -0.39 is 0 Å². The van der Waals surface area contributed by atoms with Gasteiger partial charge in [-0.05, 0) is 46.0 Å². The number of fused-ring (bicyclic) bond motifs is 2. The third kappa shape index (κ3) is 3.20. The molecule has 2 atom stereocenters. The summed E-state index contributed by atoms with van der Waals surface area (Å²) < 4.78 is 0. The van der Waals surface area contributed by atoms with E-state index in [4.69, 9.17) is 0 Å². The van der Waals surface area contributed by atoms with Crippen LogP contribution in [0.15, 0.2) is 24.3 Å². The molecule has 2 bridgehead atoms. The molecule has 22 heavy (non-hydrogen) atoms. The van der Waals surface area contributed by atoms with E-state index in [1.807, 2.05) is 31.5 Å². The van der Waals surface area contributed by atoms with Crippen LogP contribution in [0.5, 0.6) is 0 Å². The maximum absolute atomic E-state index is 12.5. The SMILES string of the molecule is Cc1ccc(N2CC3CC[C@H](C2)N3C(=O)/C=C/CN(C)C)s1. The lowest BCUT2D eigenvalue weighted by molar-refractivity contribution is -0.129. The normalized spacial score (nSPS) is 24.7. The molecule has 1 unspecified atom stereocenters. The van der Waals surface area contributed by atoms with Crippen LogP contribution in [0.25, 0.3) is 0 Å². The number of carbonyl (C=O) groups is 1. The molecule has 1 aromatic heterocycles. The van der Waals surface area contributed by atoms with Crippen molar-refractivity contribution < 1.29 is 4.79 Å². The minimum atomic E-state index is 0.191. The molecule has 0 aromatic carbocycles. The van der Waals surface area contributed by atoms with Gasteiger partial charge in [-0.25, -0.2) is 0 Å². The number of anilines is 1. The predicted octanol–water partition coefficient (Wildman–Crippen LogP) is 2.35. The molecule has 0 N–H and O–H groups in total. The summed E-state index contributed by atoms with van der Waals surface area (Å²) in [6.07, 6.45) is 6.00. The Hall–Kier alpha value is -1.33. The van der Waals surface area contributed by atoms with Crippen molar-refractivity contribution >= 4 is 22.2 Å². The van der Waals surface area contributed by atoms with E-state index in [0.29, 0.717) is 12.1 Å². The Bertz CT molecular complexity index is 552. The molecular weight excluding hydrogens is 294 g/mol. The summed E-state index contributed by atoms with van der Waals surface area (Å²) in [4.78, 5) is 20.5. The molecule has 0 radical (unpaired) electrons. The smallest absolute Gasteiger partial charge is 0.246 e. The van der Waals surface area contributed by atoms with Crippen LogP contribution in [0, 0.1) is 6.92 Å². The van der Waals surface area contributed by atoms with Crippen LogP contribution in [-0.2, 0) is 4.79 Å². The summed E-state index contributed by atoms with van der Waals surface area (Å²) in [5, 5.41) is 1.35. The van der Waals surface area contributed by atoms with Gasteiger partial charge in [0.25, 0.3) is 0 Å². The van der Waals surface area contributed by atoms with Crippen LogP contribution >= 0.6 is 11.3 Å². The van der Waals surface area contributed by atoms with Crippen molar-refractivity contribution in [3.8, 4) is 0 Å². The molecule has 5 heteroatoms. The second-order valence-corrected chi connectivity index (χ2v) is 7.85. The Morgan fingerprint density at radius 3 is 2.55 bits per heavy atom. The van der Waals surface area contributed by atoms with Gasteiger partial charge in [-0.2, -0.15) is 0 Å². The average Bonchev–Trinajstić information content (AvgIpc) is 3.00. The number of hydrogen-bond donors (Lipinski definition) is 0. The van der Waals surface area contributed by atoms with Crippen LogP contribution in [0.4, 0.5) is 5.00 Å². The zero-order chi connectivity index (χ0) is 15.7. The second kappa shape index (κ2) is 6.42. The van der Waals surface area contributed by atoms with Gasteiger partial charge in [0.2, 0.25) is 5.91 Å². The number of nitrogens with zero attached hydrogens (tertiary/aromatic N) is 3. The van der Waals surface area contributed by atoms with Crippen molar-refractivity contribution in [1.82, 2.24) is 9.80 Å². The summed E-state index contributed by atoms with van der Waals surface area (Å²) in [7, 11) is 4.03. The van der Waals surface area contributed by atoms with Gasteiger partial charge < -0.3 is 14.7 Å². The fourth-order valence-corrected chi connectivity index (χ4v) is 4.36. The van der Waals surface area contributed by atoms with Crippen LogP contribution in [-0.4, -0.2) is 61.5 Å². The lowest BCUT2D eigenvalue weighted by Crippen LogP contribution is -2.55. The first-order valence-corrected chi connectivity index (χ1v) is 8.81. The molecule has 2 aliphatic heterocycles. The zero-order valence-electron chi connectivity index (χ0n) is 13.7. The fourth-order valence-electron chi connectivity index (χ4n) is 3.48. The summed E-state index contributed by atoms with van der Waals surface area (Å²) in [6.45, 7) is 4.92. The van der Waals surface area contributed by atoms with Crippen molar-refractivity contribution in [2.45, 2.75) is 31.8 Å². The van der Waals surface area contributed by atoms with Crippen LogP contribution < -0.4 is 4.90 Å². The molecule has 2 fully saturated rings. The summed E-state index contributed by atoms with van der Waals surface area (Å²) in [6, 6.07) is 5.15. The standard InChI is InChI=1S/C17H25N3OS/c1-13-6-9-17(22-13)19-11-14-7-8-15(12-19)20(14)16(21)5-4-10-18(2)3/h4-6,9,14-15H,7-8,10-12H2,1-3H3/b5-4+/t14-,15?/m1/s1. The van der Waals surface area contributed by atoms with Gasteiger partial charge in [-0.15, -0.1) is 11.3 Å². The molecule has 2 aliphatic rings. The van der Waals surface area contributed by atoms with Crippen LogP contribution in [0.3, 0.4) is 0 Å². The quantitative estimate of drug-likeness (QED) is 0.797. The fraction of sp³-hybridized carbons (Fsp3) is 0.588. The number of carbonyl (C=O) groups excluding carboxylic acids is 1. The largest absolute Gasteiger partial charge is 0.359 e. The monoisotopic (exact) mass is 319 g/mol. The molecule has 0 aliphatic carbocycles. The predicted molar refractivity (Wildman–Crippen MR) is 92.6 cm³/mol. The van der Waals surface area contributed by atoms with E-state index in [-0.39, 0.29) is 5.91 Å². The number of hydrogen-bond acceptors (Lipinski definition) is 4. The van der Waals surface area contributed by atoms with Gasteiger partial charge in [0.15, 0.2) is 0 Å². The molecule has 0 spiro atoms. The molecule has 1 amide bonds. The minimum Gasteiger partial charge on any atom is -0.359 e. The molecule has 4 nitrogen and oxygen atoms in total. The molecule has 120 valence electrons. The number of likely N-dealkylation sites (N-methyl/N-ethyl adjacent to an activating group) is 1. The van der Waals surface area contributed by atoms with Crippen LogP contribution in [0.1, 0.15) is 17.7 Å². The van der Waals surface area contributed by atoms with E-state index in [9.17, 15) is 4.79 Å². The molecular formula is C17H25N3OS. The highest BCUT2D eigenvalue weighted by atomic mass is 32.1. The first-order valence-electron chi connectivity index (χ1n) is 7.99. The van der Waals surface area contributed by atoms with Crippen molar-refractivity contribution in [1.29, 1.82) is 0 Å². The highest BCUT2D eigenvalue weighted by Crippen LogP contribution is 2.35. The first kappa shape index (κ1) is 15.6. The van der Waals surface area contributed by atoms with Gasteiger partial charge in [0.05, 0.1) is 5.00 Å². The first-order chi connectivity index (χ1) is 10.5. The average molecular weight is 319 g/mol. The van der Waals surface area contributed by atoms with Gasteiger partial charge in [-0.1, -0.05) is 6.08 Å². The van der Waals surface area contributed by atoms with Crippen molar-refractivity contribution in [3.05, 3.63) is 29.2 Å². The van der Waals surface area contributed by atoms with Gasteiger partial charge in [0, 0.05) is 42.7 Å². The maximum atomic E-state index is 12.5. The topological polar surface area (TPSA) is 26.8 Å². The molecule has 0 saturated carbocycles. The second-order valence-electron chi connectivity index (χ2n) is 6.58. The Morgan fingerprint density at radius 2 is 2.00 bits per heavy atom. The van der Waals surface area contributed by atoms with Gasteiger partial charge in [-0.3, -0.25) is 4.79 Å². The summed E-state index contributed by atoms with van der Waals surface area (Å²) >= 11 is 1.86. The van der Waals surface area contributed by atoms with Crippen molar-refractivity contribution in [2.24, 2.45) is 0 Å². The van der Waals surface area contributed by atoms with E-state index in [1.165, 1.54) is 9.88 Å². The third-order valence-corrected chi connectivity index (χ3v) is 5.57. The Morgan fingerprint density at radius 1 is 1.32 bits per heavy atom.